The van der Waals surface area contributed by atoms with E-state index in [0.717, 1.165) is 15.4 Å². The molecule has 1 aromatic carbocycles. The molecule has 5 nitrogen and oxygen atoms in total. The van der Waals surface area contributed by atoms with E-state index in [4.69, 9.17) is 0 Å². The van der Waals surface area contributed by atoms with Gasteiger partial charge in [-0.25, -0.2) is 0 Å². The van der Waals surface area contributed by atoms with E-state index in [1.807, 2.05) is 0 Å². The number of carbonyl (C=O) groups is 1. The summed E-state index contributed by atoms with van der Waals surface area (Å²) < 4.78 is 0.754. The van der Waals surface area contributed by atoms with Gasteiger partial charge in [-0.1, -0.05) is 0 Å². The zero-order valence-electron chi connectivity index (χ0n) is 11.3. The lowest BCUT2D eigenvalue weighted by molar-refractivity contribution is -0.384. The van der Waals surface area contributed by atoms with Crippen LogP contribution in [-0.2, 0) is 0 Å². The maximum absolute atomic E-state index is 12.4. The van der Waals surface area contributed by atoms with Crippen molar-refractivity contribution in [3.8, 4) is 0 Å². The Morgan fingerprint density at radius 1 is 1.29 bits per heavy atom. The van der Waals surface area contributed by atoms with Crippen molar-refractivity contribution in [1.29, 1.82) is 0 Å². The van der Waals surface area contributed by atoms with Crippen molar-refractivity contribution < 1.29 is 9.72 Å². The van der Waals surface area contributed by atoms with E-state index in [-0.39, 0.29) is 11.6 Å². The van der Waals surface area contributed by atoms with Crippen molar-refractivity contribution in [3.05, 3.63) is 37.4 Å². The number of nitrogens with one attached hydrogen (secondary N) is 1. The highest BCUT2D eigenvalue weighted by Gasteiger charge is 2.65. The highest BCUT2D eigenvalue weighted by molar-refractivity contribution is 14.1. The number of halogens is 1. The summed E-state index contributed by atoms with van der Waals surface area (Å²) in [7, 11) is 0. The number of benzene rings is 1. The van der Waals surface area contributed by atoms with Gasteiger partial charge in [-0.3, -0.25) is 14.9 Å². The Bertz CT molecular complexity index is 632. The van der Waals surface area contributed by atoms with Gasteiger partial charge in [0, 0.05) is 21.7 Å². The number of fused-ring (bicyclic) bond motifs is 5. The molecule has 21 heavy (non-hydrogen) atoms. The average molecular weight is 398 g/mol. The summed E-state index contributed by atoms with van der Waals surface area (Å²) in [5, 5.41) is 14.0. The summed E-state index contributed by atoms with van der Waals surface area (Å²) >= 11 is 2.05. The number of nitro benzene ring substituents is 1. The molecular formula is C15H15IN2O3. The number of nitro groups is 1. The number of non-ortho nitro benzene ring substituents is 1. The second-order valence-corrected chi connectivity index (χ2v) is 7.57. The molecule has 4 atom stereocenters. The number of rotatable bonds is 3. The third kappa shape index (κ3) is 2.06. The van der Waals surface area contributed by atoms with Crippen LogP contribution in [0.1, 0.15) is 29.6 Å². The largest absolute Gasteiger partial charge is 0.349 e. The fraction of sp³-hybridized carbons (Fsp3) is 0.533. The van der Waals surface area contributed by atoms with Crippen LogP contribution in [0.2, 0.25) is 0 Å². The maximum atomic E-state index is 12.4. The van der Waals surface area contributed by atoms with Gasteiger partial charge in [0.25, 0.3) is 11.6 Å². The fourth-order valence-electron chi connectivity index (χ4n) is 4.55. The molecule has 110 valence electrons. The Hall–Kier alpha value is -1.18. The van der Waals surface area contributed by atoms with Crippen molar-refractivity contribution in [2.75, 3.05) is 0 Å². The number of carbonyl (C=O) groups excluding carboxylic acids is 1. The lowest BCUT2D eigenvalue weighted by Gasteiger charge is -2.11. The van der Waals surface area contributed by atoms with Gasteiger partial charge < -0.3 is 5.32 Å². The molecule has 0 radical (unpaired) electrons. The predicted octanol–water partition coefficient (Wildman–Crippen LogP) is 2.97. The van der Waals surface area contributed by atoms with E-state index in [2.05, 4.69) is 27.9 Å². The standard InChI is InChI=1S/C15H15IN2O3/c16-11-4-3-9(18(20)21)6-10(11)15(19)17-14-12-7-1-2-8(5-7)13(12)14/h3-4,6-8,12-14H,1-2,5H2,(H,17,19). The topological polar surface area (TPSA) is 72.2 Å². The van der Waals surface area contributed by atoms with E-state index in [0.29, 0.717) is 23.4 Å². The monoisotopic (exact) mass is 398 g/mol. The van der Waals surface area contributed by atoms with Gasteiger partial charge in [0.2, 0.25) is 0 Å². The molecule has 4 rings (SSSR count). The van der Waals surface area contributed by atoms with Gasteiger partial charge >= 0.3 is 0 Å². The molecule has 3 fully saturated rings. The van der Waals surface area contributed by atoms with Crippen LogP contribution in [0.15, 0.2) is 18.2 Å². The molecule has 1 aromatic rings. The molecule has 0 saturated heterocycles. The summed E-state index contributed by atoms with van der Waals surface area (Å²) in [5.41, 5.74) is 0.388. The summed E-state index contributed by atoms with van der Waals surface area (Å²) in [4.78, 5) is 22.8. The van der Waals surface area contributed by atoms with Gasteiger partial charge in [-0.15, -0.1) is 0 Å². The molecule has 0 spiro atoms. The smallest absolute Gasteiger partial charge is 0.270 e. The van der Waals surface area contributed by atoms with Crippen LogP contribution in [0.3, 0.4) is 0 Å². The molecule has 3 saturated carbocycles. The van der Waals surface area contributed by atoms with Gasteiger partial charge in [0.15, 0.2) is 0 Å². The second-order valence-electron chi connectivity index (χ2n) is 6.41. The lowest BCUT2D eigenvalue weighted by atomic mass is 10.0. The molecule has 3 aliphatic carbocycles. The third-order valence-corrected chi connectivity index (χ3v) is 6.38. The molecule has 2 bridgehead atoms. The molecule has 0 aliphatic heterocycles. The second kappa shape index (κ2) is 4.66. The summed E-state index contributed by atoms with van der Waals surface area (Å²) in [6.07, 6.45) is 3.97. The Morgan fingerprint density at radius 3 is 2.57 bits per heavy atom. The number of hydrogen-bond donors (Lipinski definition) is 1. The molecule has 1 N–H and O–H groups in total. The zero-order chi connectivity index (χ0) is 14.7. The van der Waals surface area contributed by atoms with Crippen molar-refractivity contribution in [2.45, 2.75) is 25.3 Å². The van der Waals surface area contributed by atoms with Crippen molar-refractivity contribution in [2.24, 2.45) is 23.7 Å². The highest BCUT2D eigenvalue weighted by atomic mass is 127. The lowest BCUT2D eigenvalue weighted by Crippen LogP contribution is -2.30. The fourth-order valence-corrected chi connectivity index (χ4v) is 5.13. The number of hydrogen-bond acceptors (Lipinski definition) is 3. The first kappa shape index (κ1) is 13.5. The van der Waals surface area contributed by atoms with Crippen molar-refractivity contribution in [3.63, 3.8) is 0 Å². The van der Waals surface area contributed by atoms with Gasteiger partial charge in [0.05, 0.1) is 10.5 Å². The van der Waals surface area contributed by atoms with E-state index in [1.54, 1.807) is 6.07 Å². The molecule has 3 aliphatic rings. The Morgan fingerprint density at radius 2 is 1.95 bits per heavy atom. The van der Waals surface area contributed by atoms with Crippen LogP contribution in [0.4, 0.5) is 5.69 Å². The highest BCUT2D eigenvalue weighted by Crippen LogP contribution is 2.65. The van der Waals surface area contributed by atoms with Gasteiger partial charge in [-0.05, 0) is 71.6 Å². The van der Waals surface area contributed by atoms with Crippen LogP contribution in [0.5, 0.6) is 0 Å². The first-order valence-electron chi connectivity index (χ1n) is 7.31. The van der Waals surface area contributed by atoms with Crippen LogP contribution >= 0.6 is 22.6 Å². The normalized spacial score (nSPS) is 35.4. The first-order valence-corrected chi connectivity index (χ1v) is 8.39. The molecular weight excluding hydrogens is 383 g/mol. The Balaban J connectivity index is 1.51. The molecule has 0 heterocycles. The first-order chi connectivity index (χ1) is 10.1. The Labute approximate surface area is 135 Å². The maximum Gasteiger partial charge on any atom is 0.270 e. The van der Waals surface area contributed by atoms with Crippen LogP contribution in [0, 0.1) is 37.4 Å². The number of nitrogens with zero attached hydrogens (tertiary/aromatic N) is 1. The minimum atomic E-state index is -0.459. The van der Waals surface area contributed by atoms with E-state index in [1.165, 1.54) is 31.4 Å². The van der Waals surface area contributed by atoms with E-state index >= 15 is 0 Å². The van der Waals surface area contributed by atoms with E-state index < -0.39 is 4.92 Å². The SMILES string of the molecule is O=C(NC1C2C3CCC(C3)C12)c1cc([N+](=O)[O-])ccc1I. The zero-order valence-corrected chi connectivity index (χ0v) is 13.4. The average Bonchev–Trinajstić information content (AvgIpc) is 2.83. The molecule has 4 unspecified atom stereocenters. The van der Waals surface area contributed by atoms with Crippen LogP contribution in [-0.4, -0.2) is 16.9 Å². The molecule has 0 aromatic heterocycles. The van der Waals surface area contributed by atoms with Gasteiger partial charge in [-0.2, -0.15) is 0 Å². The Kier molecular flexibility index (Phi) is 2.99. The predicted molar refractivity (Wildman–Crippen MR) is 84.9 cm³/mol. The minimum absolute atomic E-state index is 0.0309. The van der Waals surface area contributed by atoms with Crippen LogP contribution < -0.4 is 5.32 Å². The summed E-state index contributed by atoms with van der Waals surface area (Å²) in [5.74, 6) is 2.78. The van der Waals surface area contributed by atoms with Gasteiger partial charge in [0.1, 0.15) is 0 Å². The molecule has 1 amide bonds. The van der Waals surface area contributed by atoms with Crippen molar-refractivity contribution >= 4 is 34.2 Å². The third-order valence-electron chi connectivity index (χ3n) is 5.44. The molecule has 6 heteroatoms. The quantitative estimate of drug-likeness (QED) is 0.484. The number of amides is 1. The van der Waals surface area contributed by atoms with Crippen LogP contribution in [0.25, 0.3) is 0 Å². The van der Waals surface area contributed by atoms with E-state index in [9.17, 15) is 14.9 Å². The summed E-state index contributed by atoms with van der Waals surface area (Å²) in [6.45, 7) is 0. The van der Waals surface area contributed by atoms with Crippen molar-refractivity contribution in [1.82, 2.24) is 5.32 Å². The minimum Gasteiger partial charge on any atom is -0.349 e. The summed E-state index contributed by atoms with van der Waals surface area (Å²) in [6, 6.07) is 4.75.